The van der Waals surface area contributed by atoms with Gasteiger partial charge in [-0.1, -0.05) is 96.6 Å². The fourth-order valence-electron chi connectivity index (χ4n) is 3.89. The summed E-state index contributed by atoms with van der Waals surface area (Å²) in [4.78, 5) is 2.33. The first-order valence-electron chi connectivity index (χ1n) is 11.1. The van der Waals surface area contributed by atoms with Crippen LogP contribution in [0.3, 0.4) is 0 Å². The van der Waals surface area contributed by atoms with Crippen LogP contribution in [0.15, 0.2) is 115 Å². The summed E-state index contributed by atoms with van der Waals surface area (Å²) in [7, 11) is 0. The van der Waals surface area contributed by atoms with Gasteiger partial charge in [-0.2, -0.15) is 0 Å². The summed E-state index contributed by atoms with van der Waals surface area (Å²) >= 11 is 0. The minimum absolute atomic E-state index is 1.14. The number of hydrogen-bond donors (Lipinski definition) is 0. The molecule has 158 valence electrons. The highest BCUT2D eigenvalue weighted by atomic mass is 15.1. The Labute approximate surface area is 192 Å². The van der Waals surface area contributed by atoms with Gasteiger partial charge in [0, 0.05) is 16.9 Å². The Morgan fingerprint density at radius 2 is 1.22 bits per heavy atom. The van der Waals surface area contributed by atoms with Crippen LogP contribution in [-0.4, -0.2) is 0 Å². The summed E-state index contributed by atoms with van der Waals surface area (Å²) in [6, 6.07) is 34.6. The molecule has 1 heteroatoms. The monoisotopic (exact) mass is 415 g/mol. The van der Waals surface area contributed by atoms with Crippen molar-refractivity contribution in [3.8, 4) is 11.1 Å². The summed E-state index contributed by atoms with van der Waals surface area (Å²) in [6.45, 7) is 6.33. The van der Waals surface area contributed by atoms with E-state index in [1.54, 1.807) is 0 Å². The predicted octanol–water partition coefficient (Wildman–Crippen LogP) is 9.03. The van der Waals surface area contributed by atoms with Crippen molar-refractivity contribution in [2.24, 2.45) is 0 Å². The maximum atomic E-state index is 2.33. The van der Waals surface area contributed by atoms with Gasteiger partial charge in [-0.05, 0) is 67.8 Å². The number of nitrogens with zero attached hydrogens (tertiary/aromatic N) is 1. The lowest BCUT2D eigenvalue weighted by molar-refractivity contribution is 1.26. The molecule has 0 radical (unpaired) electrons. The van der Waals surface area contributed by atoms with E-state index in [0.29, 0.717) is 0 Å². The van der Waals surface area contributed by atoms with Crippen molar-refractivity contribution in [1.29, 1.82) is 0 Å². The Morgan fingerprint density at radius 1 is 0.594 bits per heavy atom. The lowest BCUT2D eigenvalue weighted by atomic mass is 10.0. The highest BCUT2D eigenvalue weighted by molar-refractivity contribution is 5.84. The number of para-hydroxylation sites is 1. The summed E-state index contributed by atoms with van der Waals surface area (Å²) in [5.74, 6) is 0. The van der Waals surface area contributed by atoms with Crippen molar-refractivity contribution in [2.45, 2.75) is 20.8 Å². The first kappa shape index (κ1) is 21.4. The average Bonchev–Trinajstić information content (AvgIpc) is 2.83. The molecule has 32 heavy (non-hydrogen) atoms. The van der Waals surface area contributed by atoms with Gasteiger partial charge in [-0.25, -0.2) is 0 Å². The van der Waals surface area contributed by atoms with Crippen LogP contribution in [0.25, 0.3) is 17.2 Å². The molecule has 0 bridgehead atoms. The highest BCUT2D eigenvalue weighted by Gasteiger charge is 2.16. The van der Waals surface area contributed by atoms with Gasteiger partial charge in [-0.15, -0.1) is 0 Å². The van der Waals surface area contributed by atoms with Crippen LogP contribution >= 0.6 is 0 Å². The maximum absolute atomic E-state index is 2.33. The molecule has 0 atom stereocenters. The molecule has 0 aliphatic heterocycles. The van der Waals surface area contributed by atoms with Gasteiger partial charge in [0.25, 0.3) is 0 Å². The normalized spacial score (nSPS) is 11.3. The van der Waals surface area contributed by atoms with E-state index < -0.39 is 0 Å². The maximum Gasteiger partial charge on any atom is 0.0536 e. The van der Waals surface area contributed by atoms with E-state index in [1.165, 1.54) is 33.5 Å². The highest BCUT2D eigenvalue weighted by Crippen LogP contribution is 2.38. The molecule has 0 saturated heterocycles. The van der Waals surface area contributed by atoms with Gasteiger partial charge in [-0.3, -0.25) is 0 Å². The molecule has 0 aliphatic carbocycles. The number of hydrogen-bond acceptors (Lipinski definition) is 1. The number of anilines is 3. The Bertz CT molecular complexity index is 1210. The van der Waals surface area contributed by atoms with Crippen molar-refractivity contribution < 1.29 is 0 Å². The second-order valence-corrected chi connectivity index (χ2v) is 7.98. The van der Waals surface area contributed by atoms with Gasteiger partial charge in [0.15, 0.2) is 0 Å². The molecular weight excluding hydrogens is 386 g/mol. The fraction of sp³-hybridized carbons (Fsp3) is 0.0968. The summed E-state index contributed by atoms with van der Waals surface area (Å²) in [6.07, 6.45) is 8.42. The summed E-state index contributed by atoms with van der Waals surface area (Å²) in [5.41, 5.74) is 9.65. The molecule has 0 amide bonds. The quantitative estimate of drug-likeness (QED) is 0.284. The molecule has 0 fully saturated rings. The molecule has 0 unspecified atom stereocenters. The molecule has 0 heterocycles. The fourth-order valence-corrected chi connectivity index (χ4v) is 3.89. The third-order valence-corrected chi connectivity index (χ3v) is 5.63. The molecule has 0 spiro atoms. The number of benzene rings is 4. The number of allylic oxidation sites excluding steroid dienone is 3. The zero-order valence-corrected chi connectivity index (χ0v) is 19.0. The minimum Gasteiger partial charge on any atom is -0.310 e. The molecule has 4 aromatic rings. The van der Waals surface area contributed by atoms with E-state index in [4.69, 9.17) is 0 Å². The largest absolute Gasteiger partial charge is 0.310 e. The molecule has 4 rings (SSSR count). The van der Waals surface area contributed by atoms with Gasteiger partial charge < -0.3 is 4.90 Å². The summed E-state index contributed by atoms with van der Waals surface area (Å²) < 4.78 is 0. The van der Waals surface area contributed by atoms with Crippen molar-refractivity contribution in [1.82, 2.24) is 0 Å². The van der Waals surface area contributed by atoms with Crippen LogP contribution < -0.4 is 4.90 Å². The lowest BCUT2D eigenvalue weighted by Gasteiger charge is -2.28. The lowest BCUT2D eigenvalue weighted by Crippen LogP contribution is -2.11. The number of aryl methyl sites for hydroxylation is 2. The smallest absolute Gasteiger partial charge is 0.0536 e. The summed E-state index contributed by atoms with van der Waals surface area (Å²) in [5, 5.41) is 0. The average molecular weight is 416 g/mol. The predicted molar refractivity (Wildman–Crippen MR) is 140 cm³/mol. The van der Waals surface area contributed by atoms with Crippen LogP contribution in [0.5, 0.6) is 0 Å². The van der Waals surface area contributed by atoms with Crippen LogP contribution in [0.2, 0.25) is 0 Å². The van der Waals surface area contributed by atoms with Crippen LogP contribution in [0.1, 0.15) is 23.6 Å². The van der Waals surface area contributed by atoms with Crippen LogP contribution in [0.4, 0.5) is 17.1 Å². The van der Waals surface area contributed by atoms with E-state index in [9.17, 15) is 0 Å². The van der Waals surface area contributed by atoms with Crippen molar-refractivity contribution in [2.75, 3.05) is 4.90 Å². The van der Waals surface area contributed by atoms with E-state index in [2.05, 4.69) is 134 Å². The Balaban J connectivity index is 1.82. The van der Waals surface area contributed by atoms with Crippen molar-refractivity contribution >= 4 is 23.1 Å². The van der Waals surface area contributed by atoms with Crippen molar-refractivity contribution in [3.05, 3.63) is 132 Å². The SMILES string of the molecule is C/C=C\C=C/c1c(C)cccc1N(c1ccccc1)c1ccc(-c2ccc(C)cc2)cc1. The molecule has 0 aliphatic rings. The third-order valence-electron chi connectivity index (χ3n) is 5.63. The second-order valence-electron chi connectivity index (χ2n) is 7.98. The zero-order valence-electron chi connectivity index (χ0n) is 19.0. The zero-order chi connectivity index (χ0) is 22.3. The molecule has 4 aromatic carbocycles. The van der Waals surface area contributed by atoms with Crippen LogP contribution in [-0.2, 0) is 0 Å². The van der Waals surface area contributed by atoms with Gasteiger partial charge in [0.1, 0.15) is 0 Å². The first-order valence-corrected chi connectivity index (χ1v) is 11.1. The van der Waals surface area contributed by atoms with Crippen molar-refractivity contribution in [3.63, 3.8) is 0 Å². The Kier molecular flexibility index (Phi) is 6.67. The Hall–Kier alpha value is -3.84. The molecule has 1 nitrogen and oxygen atoms in total. The molecule has 0 N–H and O–H groups in total. The van der Waals surface area contributed by atoms with Gasteiger partial charge in [0.05, 0.1) is 5.69 Å². The van der Waals surface area contributed by atoms with E-state index in [1.807, 2.05) is 13.0 Å². The minimum atomic E-state index is 1.14. The molecule has 0 aromatic heterocycles. The third kappa shape index (κ3) is 4.73. The second kappa shape index (κ2) is 9.98. The van der Waals surface area contributed by atoms with E-state index in [0.717, 1.165) is 11.4 Å². The molecule has 0 saturated carbocycles. The van der Waals surface area contributed by atoms with E-state index >= 15 is 0 Å². The molecular formula is C31H29N. The van der Waals surface area contributed by atoms with Gasteiger partial charge in [0.2, 0.25) is 0 Å². The first-order chi connectivity index (χ1) is 15.7. The standard InChI is InChI=1S/C31H29N/c1-4-5-7-14-30-25(3)11-10-15-31(30)32(28-12-8-6-9-13-28)29-22-20-27(21-23-29)26-18-16-24(2)17-19-26/h4-23H,1-3H3/b5-4-,14-7-. The van der Waals surface area contributed by atoms with Gasteiger partial charge >= 0.3 is 0 Å². The Morgan fingerprint density at radius 3 is 1.88 bits per heavy atom. The van der Waals surface area contributed by atoms with E-state index in [-0.39, 0.29) is 0 Å². The topological polar surface area (TPSA) is 3.24 Å². The van der Waals surface area contributed by atoms with Crippen LogP contribution in [0, 0.1) is 13.8 Å². The number of rotatable bonds is 6.